The molecule has 1 aliphatic rings. The summed E-state index contributed by atoms with van der Waals surface area (Å²) < 4.78 is 0. The molecule has 1 aromatic heterocycles. The summed E-state index contributed by atoms with van der Waals surface area (Å²) in [5.74, 6) is 0.834. The van der Waals surface area contributed by atoms with Gasteiger partial charge in [0.15, 0.2) is 0 Å². The van der Waals surface area contributed by atoms with E-state index in [0.29, 0.717) is 0 Å². The molecule has 0 radical (unpaired) electrons. The van der Waals surface area contributed by atoms with E-state index in [2.05, 4.69) is 43.2 Å². The van der Waals surface area contributed by atoms with Crippen molar-refractivity contribution in [2.45, 2.75) is 32.6 Å². The lowest BCUT2D eigenvalue weighted by Gasteiger charge is -2.27. The van der Waals surface area contributed by atoms with Crippen LogP contribution < -0.4 is 5.32 Å². The Morgan fingerprint density at radius 1 is 1.40 bits per heavy atom. The van der Waals surface area contributed by atoms with Crippen LogP contribution in [0.5, 0.6) is 0 Å². The first-order valence-corrected chi connectivity index (χ1v) is 5.72. The zero-order valence-corrected chi connectivity index (χ0v) is 9.88. The number of pyridine rings is 1. The van der Waals surface area contributed by atoms with Gasteiger partial charge in [0, 0.05) is 17.3 Å². The Kier molecular flexibility index (Phi) is 2.79. The summed E-state index contributed by atoms with van der Waals surface area (Å²) in [6.07, 6.45) is 3.14. The van der Waals surface area contributed by atoms with Gasteiger partial charge in [0.1, 0.15) is 0 Å². The highest BCUT2D eigenvalue weighted by Gasteiger charge is 2.19. The van der Waals surface area contributed by atoms with Gasteiger partial charge in [-0.25, -0.2) is 0 Å². The summed E-state index contributed by atoms with van der Waals surface area (Å²) in [5.41, 5.74) is 2.79. The lowest BCUT2D eigenvalue weighted by Crippen LogP contribution is -2.43. The molecule has 0 saturated carbocycles. The number of nitrogens with one attached hydrogen (secondary N) is 1. The Hall–Kier alpha value is -0.890. The van der Waals surface area contributed by atoms with Gasteiger partial charge >= 0.3 is 0 Å². The topological polar surface area (TPSA) is 24.9 Å². The van der Waals surface area contributed by atoms with E-state index in [9.17, 15) is 0 Å². The number of hydrogen-bond donors (Lipinski definition) is 1. The molecule has 0 atom stereocenters. The second kappa shape index (κ2) is 3.93. The van der Waals surface area contributed by atoms with Crippen molar-refractivity contribution in [1.82, 2.24) is 10.3 Å². The van der Waals surface area contributed by atoms with Crippen LogP contribution in [0.2, 0.25) is 0 Å². The van der Waals surface area contributed by atoms with Gasteiger partial charge in [-0.05, 0) is 43.1 Å². The molecule has 2 nitrogen and oxygen atoms in total. The summed E-state index contributed by atoms with van der Waals surface area (Å²) in [7, 11) is 0. The molecule has 15 heavy (non-hydrogen) atoms. The van der Waals surface area contributed by atoms with Gasteiger partial charge in [-0.15, -0.1) is 0 Å². The van der Waals surface area contributed by atoms with Gasteiger partial charge in [0.25, 0.3) is 0 Å². The average molecular weight is 204 g/mol. The van der Waals surface area contributed by atoms with Crippen LogP contribution in [-0.2, 0) is 11.8 Å². The highest BCUT2D eigenvalue weighted by atomic mass is 14.9. The standard InChI is InChI=1S/C13H20N2/c1-13(2,3)12-7-10(4-5-15-12)6-11-8-14-9-11/h4-5,7,11,14H,6,8-9H2,1-3H3. The molecule has 2 rings (SSSR count). The first kappa shape index (κ1) is 10.6. The minimum atomic E-state index is 0.161. The third kappa shape index (κ3) is 2.57. The minimum Gasteiger partial charge on any atom is -0.316 e. The molecule has 82 valence electrons. The van der Waals surface area contributed by atoms with Crippen molar-refractivity contribution in [3.63, 3.8) is 0 Å². The number of aromatic nitrogens is 1. The molecule has 1 aliphatic heterocycles. The molecule has 2 heteroatoms. The average Bonchev–Trinajstić information content (AvgIpc) is 2.11. The van der Waals surface area contributed by atoms with Crippen molar-refractivity contribution in [3.8, 4) is 0 Å². The van der Waals surface area contributed by atoms with E-state index in [0.717, 1.165) is 5.92 Å². The maximum Gasteiger partial charge on any atom is 0.0459 e. The maximum absolute atomic E-state index is 4.45. The number of nitrogens with zero attached hydrogens (tertiary/aromatic N) is 1. The van der Waals surface area contributed by atoms with Crippen LogP contribution in [-0.4, -0.2) is 18.1 Å². The summed E-state index contributed by atoms with van der Waals surface area (Å²) in [5, 5.41) is 3.31. The fourth-order valence-electron chi connectivity index (χ4n) is 1.84. The minimum absolute atomic E-state index is 0.161. The van der Waals surface area contributed by atoms with Gasteiger partial charge < -0.3 is 5.32 Å². The van der Waals surface area contributed by atoms with E-state index < -0.39 is 0 Å². The number of hydrogen-bond acceptors (Lipinski definition) is 2. The molecule has 1 aromatic rings. The first-order valence-electron chi connectivity index (χ1n) is 5.72. The Labute approximate surface area is 92.1 Å². The highest BCUT2D eigenvalue weighted by Crippen LogP contribution is 2.22. The lowest BCUT2D eigenvalue weighted by molar-refractivity contribution is 0.346. The van der Waals surface area contributed by atoms with Crippen LogP contribution in [0, 0.1) is 5.92 Å². The lowest BCUT2D eigenvalue weighted by atomic mass is 9.88. The molecule has 0 amide bonds. The van der Waals surface area contributed by atoms with Crippen molar-refractivity contribution in [1.29, 1.82) is 0 Å². The summed E-state index contributed by atoms with van der Waals surface area (Å²) in [6.45, 7) is 8.98. The monoisotopic (exact) mass is 204 g/mol. The Bertz CT molecular complexity index is 335. The van der Waals surface area contributed by atoms with Crippen molar-refractivity contribution in [3.05, 3.63) is 29.6 Å². The van der Waals surface area contributed by atoms with Gasteiger partial charge in [-0.2, -0.15) is 0 Å². The van der Waals surface area contributed by atoms with E-state index in [1.54, 1.807) is 0 Å². The van der Waals surface area contributed by atoms with Crippen LogP contribution in [0.3, 0.4) is 0 Å². The second-order valence-electron chi connectivity index (χ2n) is 5.53. The summed E-state index contributed by atoms with van der Waals surface area (Å²) in [4.78, 5) is 4.45. The van der Waals surface area contributed by atoms with Crippen molar-refractivity contribution >= 4 is 0 Å². The fourth-order valence-corrected chi connectivity index (χ4v) is 1.84. The fraction of sp³-hybridized carbons (Fsp3) is 0.615. The van der Waals surface area contributed by atoms with Crippen molar-refractivity contribution in [2.24, 2.45) is 5.92 Å². The smallest absolute Gasteiger partial charge is 0.0459 e. The van der Waals surface area contributed by atoms with Crippen LogP contribution in [0.25, 0.3) is 0 Å². The normalized spacial score (nSPS) is 17.5. The molecule has 0 spiro atoms. The SMILES string of the molecule is CC(C)(C)c1cc(CC2CNC2)ccn1. The van der Waals surface area contributed by atoms with E-state index in [1.165, 1.54) is 30.8 Å². The second-order valence-corrected chi connectivity index (χ2v) is 5.53. The van der Waals surface area contributed by atoms with Crippen LogP contribution in [0.1, 0.15) is 32.0 Å². The predicted molar refractivity (Wildman–Crippen MR) is 63.0 cm³/mol. The molecular formula is C13H20N2. The first-order chi connectivity index (χ1) is 7.05. The van der Waals surface area contributed by atoms with E-state index in [4.69, 9.17) is 0 Å². The van der Waals surface area contributed by atoms with Gasteiger partial charge in [-0.1, -0.05) is 20.8 Å². The zero-order valence-electron chi connectivity index (χ0n) is 9.88. The Morgan fingerprint density at radius 3 is 2.67 bits per heavy atom. The quantitative estimate of drug-likeness (QED) is 0.798. The van der Waals surface area contributed by atoms with Gasteiger partial charge in [-0.3, -0.25) is 4.98 Å². The molecule has 0 aliphatic carbocycles. The van der Waals surface area contributed by atoms with E-state index in [1.807, 2.05) is 6.20 Å². The van der Waals surface area contributed by atoms with Crippen LogP contribution in [0.4, 0.5) is 0 Å². The van der Waals surface area contributed by atoms with Crippen LogP contribution in [0.15, 0.2) is 18.3 Å². The third-order valence-electron chi connectivity index (χ3n) is 2.98. The molecule has 0 unspecified atom stereocenters. The largest absolute Gasteiger partial charge is 0.316 e. The maximum atomic E-state index is 4.45. The molecule has 1 fully saturated rings. The Balaban J connectivity index is 2.11. The molecule has 0 aromatic carbocycles. The molecular weight excluding hydrogens is 184 g/mol. The van der Waals surface area contributed by atoms with Gasteiger partial charge in [0.05, 0.1) is 0 Å². The third-order valence-corrected chi connectivity index (χ3v) is 2.98. The van der Waals surface area contributed by atoms with E-state index in [-0.39, 0.29) is 5.41 Å². The molecule has 2 heterocycles. The summed E-state index contributed by atoms with van der Waals surface area (Å²) >= 11 is 0. The molecule has 0 bridgehead atoms. The van der Waals surface area contributed by atoms with Gasteiger partial charge in [0.2, 0.25) is 0 Å². The highest BCUT2D eigenvalue weighted by molar-refractivity contribution is 5.22. The Morgan fingerprint density at radius 2 is 2.13 bits per heavy atom. The zero-order chi connectivity index (χ0) is 10.9. The molecule has 1 saturated heterocycles. The van der Waals surface area contributed by atoms with Crippen LogP contribution >= 0.6 is 0 Å². The van der Waals surface area contributed by atoms with Crippen molar-refractivity contribution < 1.29 is 0 Å². The molecule has 1 N–H and O–H groups in total. The van der Waals surface area contributed by atoms with Crippen molar-refractivity contribution in [2.75, 3.05) is 13.1 Å². The summed E-state index contributed by atoms with van der Waals surface area (Å²) in [6, 6.07) is 4.41. The number of rotatable bonds is 2. The van der Waals surface area contributed by atoms with E-state index >= 15 is 0 Å². The predicted octanol–water partition coefficient (Wildman–Crippen LogP) is 2.14.